The third kappa shape index (κ3) is 3.38. The quantitative estimate of drug-likeness (QED) is 0.680. The van der Waals surface area contributed by atoms with Crippen LogP contribution in [0.5, 0.6) is 5.88 Å². The Morgan fingerprint density at radius 2 is 2.00 bits per heavy atom. The Labute approximate surface area is 90.0 Å². The fourth-order valence-corrected chi connectivity index (χ4v) is 1.39. The molecule has 0 unspecified atom stereocenters. The van der Waals surface area contributed by atoms with E-state index in [0.29, 0.717) is 19.0 Å². The topological polar surface area (TPSA) is 77.4 Å². The van der Waals surface area contributed by atoms with E-state index >= 15 is 0 Å². The van der Waals surface area contributed by atoms with Crippen molar-refractivity contribution in [2.75, 3.05) is 38.2 Å². The Bertz CT molecular complexity index is 287. The molecule has 0 atom stereocenters. The lowest BCUT2D eigenvalue weighted by Crippen LogP contribution is -2.33. The summed E-state index contributed by atoms with van der Waals surface area (Å²) in [5, 5.41) is 0. The molecule has 0 radical (unpaired) electrons. The lowest BCUT2D eigenvalue weighted by atomic mass is 10.3. The summed E-state index contributed by atoms with van der Waals surface area (Å²) in [5.74, 6) is 0.603. The predicted octanol–water partition coefficient (Wildman–Crippen LogP) is -0.186. The van der Waals surface area contributed by atoms with E-state index < -0.39 is 0 Å². The maximum absolute atomic E-state index is 5.54. The zero-order valence-electron chi connectivity index (χ0n) is 9.02. The predicted molar refractivity (Wildman–Crippen MR) is 61.1 cm³/mol. The summed E-state index contributed by atoms with van der Waals surface area (Å²) in [4.78, 5) is 6.16. The van der Waals surface area contributed by atoms with Crippen LogP contribution in [0.3, 0.4) is 0 Å². The lowest BCUT2D eigenvalue weighted by molar-refractivity contribution is 0.398. The van der Waals surface area contributed by atoms with Crippen molar-refractivity contribution in [1.82, 2.24) is 4.98 Å². The molecule has 15 heavy (non-hydrogen) atoms. The van der Waals surface area contributed by atoms with E-state index in [1.54, 1.807) is 13.3 Å². The van der Waals surface area contributed by atoms with Crippen molar-refractivity contribution in [2.24, 2.45) is 11.5 Å². The van der Waals surface area contributed by atoms with Crippen LogP contribution in [0.25, 0.3) is 0 Å². The number of aromatic nitrogens is 1. The number of nitrogens with zero attached hydrogens (tertiary/aromatic N) is 2. The first-order valence-corrected chi connectivity index (χ1v) is 4.97. The number of hydrogen-bond acceptors (Lipinski definition) is 5. The highest BCUT2D eigenvalue weighted by Gasteiger charge is 2.05. The molecule has 84 valence electrons. The molecule has 0 saturated carbocycles. The molecule has 5 nitrogen and oxygen atoms in total. The van der Waals surface area contributed by atoms with Crippen LogP contribution in [-0.4, -0.2) is 38.3 Å². The molecule has 1 rings (SSSR count). The molecule has 1 aromatic rings. The minimum absolute atomic E-state index is 0.602. The van der Waals surface area contributed by atoms with Crippen LogP contribution in [-0.2, 0) is 0 Å². The van der Waals surface area contributed by atoms with Crippen LogP contribution < -0.4 is 21.1 Å². The third-order valence-corrected chi connectivity index (χ3v) is 2.09. The second kappa shape index (κ2) is 6.21. The summed E-state index contributed by atoms with van der Waals surface area (Å²) in [6.07, 6.45) is 1.72. The minimum Gasteiger partial charge on any atom is -0.481 e. The van der Waals surface area contributed by atoms with Gasteiger partial charge in [0.15, 0.2) is 0 Å². The second-order valence-electron chi connectivity index (χ2n) is 3.12. The van der Waals surface area contributed by atoms with Crippen LogP contribution >= 0.6 is 0 Å². The van der Waals surface area contributed by atoms with E-state index in [2.05, 4.69) is 9.88 Å². The van der Waals surface area contributed by atoms with Gasteiger partial charge in [-0.3, -0.25) is 0 Å². The van der Waals surface area contributed by atoms with Crippen LogP contribution in [0.2, 0.25) is 0 Å². The minimum atomic E-state index is 0.602. The van der Waals surface area contributed by atoms with Gasteiger partial charge in [0.2, 0.25) is 5.88 Å². The van der Waals surface area contributed by atoms with Crippen molar-refractivity contribution in [3.63, 3.8) is 0 Å². The Balaban J connectivity index is 2.79. The molecule has 0 aliphatic heterocycles. The number of hydrogen-bond donors (Lipinski definition) is 2. The molecule has 0 aromatic carbocycles. The number of methoxy groups -OCH3 is 1. The fourth-order valence-electron chi connectivity index (χ4n) is 1.39. The Kier molecular flexibility index (Phi) is 4.86. The maximum Gasteiger partial charge on any atom is 0.214 e. The van der Waals surface area contributed by atoms with Crippen molar-refractivity contribution >= 4 is 5.69 Å². The largest absolute Gasteiger partial charge is 0.481 e. The summed E-state index contributed by atoms with van der Waals surface area (Å²) >= 11 is 0. The van der Waals surface area contributed by atoms with Gasteiger partial charge in [0.05, 0.1) is 7.11 Å². The zero-order chi connectivity index (χ0) is 11.1. The smallest absolute Gasteiger partial charge is 0.214 e. The maximum atomic E-state index is 5.54. The average molecular weight is 210 g/mol. The van der Waals surface area contributed by atoms with E-state index in [-0.39, 0.29) is 0 Å². The van der Waals surface area contributed by atoms with Gasteiger partial charge < -0.3 is 21.1 Å². The number of nitrogens with two attached hydrogens (primary N) is 2. The molecule has 0 fully saturated rings. The van der Waals surface area contributed by atoms with Crippen LogP contribution in [0.1, 0.15) is 0 Å². The first kappa shape index (κ1) is 11.7. The molecule has 0 spiro atoms. The normalized spacial score (nSPS) is 10.1. The molecule has 0 bridgehead atoms. The summed E-state index contributed by atoms with van der Waals surface area (Å²) < 4.78 is 5.06. The fraction of sp³-hybridized carbons (Fsp3) is 0.500. The van der Waals surface area contributed by atoms with E-state index in [9.17, 15) is 0 Å². The van der Waals surface area contributed by atoms with Gasteiger partial charge in [-0.25, -0.2) is 4.98 Å². The van der Waals surface area contributed by atoms with Gasteiger partial charge >= 0.3 is 0 Å². The Morgan fingerprint density at radius 3 is 2.53 bits per heavy atom. The van der Waals surface area contributed by atoms with Crippen molar-refractivity contribution in [1.29, 1.82) is 0 Å². The summed E-state index contributed by atoms with van der Waals surface area (Å²) in [7, 11) is 1.60. The molecule has 1 heterocycles. The molecule has 4 N–H and O–H groups in total. The Hall–Kier alpha value is -1.33. The van der Waals surface area contributed by atoms with Crippen molar-refractivity contribution in [2.45, 2.75) is 0 Å². The first-order chi connectivity index (χ1) is 7.31. The molecule has 5 heteroatoms. The molecule has 1 aromatic heterocycles. The summed E-state index contributed by atoms with van der Waals surface area (Å²) in [6, 6.07) is 3.80. The van der Waals surface area contributed by atoms with Crippen LogP contribution in [0.15, 0.2) is 18.3 Å². The average Bonchev–Trinajstić information content (AvgIpc) is 2.29. The van der Waals surface area contributed by atoms with Crippen molar-refractivity contribution in [3.05, 3.63) is 18.3 Å². The molecule has 0 aliphatic rings. The van der Waals surface area contributed by atoms with Crippen LogP contribution in [0, 0.1) is 0 Å². The number of rotatable bonds is 6. The van der Waals surface area contributed by atoms with Gasteiger partial charge in [0.25, 0.3) is 0 Å². The van der Waals surface area contributed by atoms with E-state index in [0.717, 1.165) is 18.8 Å². The summed E-state index contributed by atoms with van der Waals surface area (Å²) in [5.41, 5.74) is 12.1. The van der Waals surface area contributed by atoms with Gasteiger partial charge in [-0.15, -0.1) is 0 Å². The molecular weight excluding hydrogens is 192 g/mol. The lowest BCUT2D eigenvalue weighted by Gasteiger charge is -2.23. The number of ether oxygens (including phenoxy) is 1. The number of anilines is 1. The van der Waals surface area contributed by atoms with Gasteiger partial charge in [0, 0.05) is 44.1 Å². The molecule has 0 aliphatic carbocycles. The van der Waals surface area contributed by atoms with E-state index in [1.165, 1.54) is 0 Å². The monoisotopic (exact) mass is 210 g/mol. The van der Waals surface area contributed by atoms with Gasteiger partial charge in [0.1, 0.15) is 0 Å². The van der Waals surface area contributed by atoms with Crippen LogP contribution in [0.4, 0.5) is 5.69 Å². The molecular formula is C10H18N4O. The second-order valence-corrected chi connectivity index (χ2v) is 3.12. The van der Waals surface area contributed by atoms with Gasteiger partial charge in [-0.05, 0) is 6.07 Å². The summed E-state index contributed by atoms with van der Waals surface area (Å²) in [6.45, 7) is 2.77. The Morgan fingerprint density at radius 1 is 1.33 bits per heavy atom. The van der Waals surface area contributed by atoms with Gasteiger partial charge in [-0.2, -0.15) is 0 Å². The molecule has 0 saturated heterocycles. The van der Waals surface area contributed by atoms with E-state index in [4.69, 9.17) is 16.2 Å². The highest BCUT2D eigenvalue weighted by Crippen LogP contribution is 2.17. The first-order valence-electron chi connectivity index (χ1n) is 4.97. The highest BCUT2D eigenvalue weighted by molar-refractivity contribution is 5.48. The van der Waals surface area contributed by atoms with Crippen molar-refractivity contribution in [3.8, 4) is 5.88 Å². The van der Waals surface area contributed by atoms with Gasteiger partial charge in [-0.1, -0.05) is 0 Å². The van der Waals surface area contributed by atoms with Crippen molar-refractivity contribution < 1.29 is 4.74 Å². The highest BCUT2D eigenvalue weighted by atomic mass is 16.5. The zero-order valence-corrected chi connectivity index (χ0v) is 9.02. The standard InChI is InChI=1S/C10H18N4O/c1-15-10-8-9(2-5-13-10)14(6-3-11)7-4-12/h2,5,8H,3-4,6-7,11-12H2,1H3. The third-order valence-electron chi connectivity index (χ3n) is 2.09. The van der Waals surface area contributed by atoms with E-state index in [1.807, 2.05) is 12.1 Å². The number of pyridine rings is 1. The SMILES string of the molecule is COc1cc(N(CCN)CCN)ccn1. The molecule has 0 amide bonds.